The summed E-state index contributed by atoms with van der Waals surface area (Å²) >= 11 is 0. The third-order valence-electron chi connectivity index (χ3n) is 2.55. The van der Waals surface area contributed by atoms with Crippen LogP contribution < -0.4 is 5.32 Å². The normalized spacial score (nSPS) is 11.6. The van der Waals surface area contributed by atoms with Crippen LogP contribution in [0.1, 0.15) is 37.4 Å². The maximum absolute atomic E-state index is 11.1. The Morgan fingerprint density at radius 1 is 1.61 bits per heavy atom. The van der Waals surface area contributed by atoms with E-state index in [1.165, 1.54) is 0 Å². The first-order valence-corrected chi connectivity index (χ1v) is 5.95. The van der Waals surface area contributed by atoms with Crippen LogP contribution in [0.2, 0.25) is 0 Å². The molecule has 5 nitrogen and oxygen atoms in total. The standard InChI is InChI=1S/C13H17N3O2/c1-3-4-5-11(13(17)18)16-12-7-10(8-14)6-9(2)15-12/h6-7,11H,3-5H2,1-2H3,(H,15,16)(H,17,18)/t11-/m0/s1. The number of unbranched alkanes of at least 4 members (excludes halogenated alkanes) is 1. The number of aryl methyl sites for hydroxylation is 1. The number of carboxylic acids is 1. The van der Waals surface area contributed by atoms with Crippen LogP contribution in [-0.4, -0.2) is 22.1 Å². The van der Waals surface area contributed by atoms with Crippen LogP contribution in [0.15, 0.2) is 12.1 Å². The molecule has 1 atom stereocenters. The molecule has 1 aromatic heterocycles. The number of pyridine rings is 1. The number of carbonyl (C=O) groups is 1. The number of carboxylic acid groups (broad SMARTS) is 1. The zero-order valence-corrected chi connectivity index (χ0v) is 10.6. The molecule has 1 heterocycles. The van der Waals surface area contributed by atoms with E-state index >= 15 is 0 Å². The second-order valence-corrected chi connectivity index (χ2v) is 4.17. The van der Waals surface area contributed by atoms with E-state index in [0.717, 1.165) is 12.8 Å². The van der Waals surface area contributed by atoms with Gasteiger partial charge >= 0.3 is 5.97 Å². The van der Waals surface area contributed by atoms with Crippen molar-refractivity contribution < 1.29 is 9.90 Å². The van der Waals surface area contributed by atoms with Crippen molar-refractivity contribution in [3.63, 3.8) is 0 Å². The number of hydrogen-bond donors (Lipinski definition) is 2. The maximum Gasteiger partial charge on any atom is 0.326 e. The number of nitrogens with one attached hydrogen (secondary N) is 1. The van der Waals surface area contributed by atoms with Gasteiger partial charge in [0.1, 0.15) is 11.9 Å². The van der Waals surface area contributed by atoms with Gasteiger partial charge in [-0.15, -0.1) is 0 Å². The molecule has 96 valence electrons. The Morgan fingerprint density at radius 3 is 2.89 bits per heavy atom. The van der Waals surface area contributed by atoms with Crippen LogP contribution in [-0.2, 0) is 4.79 Å². The Morgan fingerprint density at radius 2 is 2.33 bits per heavy atom. The van der Waals surface area contributed by atoms with Gasteiger partial charge in [-0.1, -0.05) is 19.8 Å². The monoisotopic (exact) mass is 247 g/mol. The number of nitriles is 1. The summed E-state index contributed by atoms with van der Waals surface area (Å²) in [5.41, 5.74) is 1.17. The van der Waals surface area contributed by atoms with Gasteiger partial charge in [0, 0.05) is 5.69 Å². The fraction of sp³-hybridized carbons (Fsp3) is 0.462. The average molecular weight is 247 g/mol. The first-order valence-electron chi connectivity index (χ1n) is 5.95. The molecule has 0 unspecified atom stereocenters. The van der Waals surface area contributed by atoms with Crippen molar-refractivity contribution in [2.45, 2.75) is 39.2 Å². The molecule has 0 aromatic carbocycles. The van der Waals surface area contributed by atoms with Crippen molar-refractivity contribution in [2.24, 2.45) is 0 Å². The summed E-state index contributed by atoms with van der Waals surface area (Å²) in [6.07, 6.45) is 2.32. The highest BCUT2D eigenvalue weighted by Crippen LogP contribution is 2.13. The summed E-state index contributed by atoms with van der Waals surface area (Å²) in [4.78, 5) is 15.3. The van der Waals surface area contributed by atoms with Gasteiger partial charge in [-0.05, 0) is 25.5 Å². The summed E-state index contributed by atoms with van der Waals surface area (Å²) < 4.78 is 0. The predicted molar refractivity (Wildman–Crippen MR) is 68.3 cm³/mol. The molecule has 0 aliphatic carbocycles. The van der Waals surface area contributed by atoms with Crippen molar-refractivity contribution in [1.29, 1.82) is 5.26 Å². The number of anilines is 1. The molecular weight excluding hydrogens is 230 g/mol. The number of nitrogens with zero attached hydrogens (tertiary/aromatic N) is 2. The summed E-state index contributed by atoms with van der Waals surface area (Å²) in [5, 5.41) is 20.8. The van der Waals surface area contributed by atoms with Crippen molar-refractivity contribution in [2.75, 3.05) is 5.32 Å². The van der Waals surface area contributed by atoms with Gasteiger partial charge in [0.25, 0.3) is 0 Å². The van der Waals surface area contributed by atoms with Gasteiger partial charge in [0.2, 0.25) is 0 Å². The molecule has 18 heavy (non-hydrogen) atoms. The molecule has 0 bridgehead atoms. The SMILES string of the molecule is CCCC[C@H](Nc1cc(C#N)cc(C)n1)C(=O)O. The van der Waals surface area contributed by atoms with Crippen LogP contribution in [0.5, 0.6) is 0 Å². The molecule has 0 fully saturated rings. The quantitative estimate of drug-likeness (QED) is 0.805. The summed E-state index contributed by atoms with van der Waals surface area (Å²) in [6, 6.07) is 4.59. The number of hydrogen-bond acceptors (Lipinski definition) is 4. The van der Waals surface area contributed by atoms with Crippen LogP contribution in [0, 0.1) is 18.3 Å². The van der Waals surface area contributed by atoms with Gasteiger partial charge < -0.3 is 10.4 Å². The molecule has 0 saturated heterocycles. The van der Waals surface area contributed by atoms with E-state index in [-0.39, 0.29) is 0 Å². The Kier molecular flexibility index (Phi) is 5.12. The molecule has 0 aliphatic heterocycles. The van der Waals surface area contributed by atoms with Crippen molar-refractivity contribution in [3.05, 3.63) is 23.4 Å². The first kappa shape index (κ1) is 14.0. The van der Waals surface area contributed by atoms with Crippen molar-refractivity contribution in [3.8, 4) is 6.07 Å². The van der Waals surface area contributed by atoms with Crippen LogP contribution in [0.3, 0.4) is 0 Å². The van der Waals surface area contributed by atoms with E-state index in [4.69, 9.17) is 10.4 Å². The van der Waals surface area contributed by atoms with E-state index in [2.05, 4.69) is 10.3 Å². The average Bonchev–Trinajstić information content (AvgIpc) is 2.33. The molecule has 0 spiro atoms. The second kappa shape index (κ2) is 6.60. The van der Waals surface area contributed by atoms with Gasteiger partial charge in [0.05, 0.1) is 11.6 Å². The van der Waals surface area contributed by atoms with Gasteiger partial charge in [-0.2, -0.15) is 5.26 Å². The lowest BCUT2D eigenvalue weighted by Crippen LogP contribution is -2.29. The van der Waals surface area contributed by atoms with Gasteiger partial charge in [-0.25, -0.2) is 9.78 Å². The second-order valence-electron chi connectivity index (χ2n) is 4.17. The Hall–Kier alpha value is -2.09. The number of rotatable bonds is 6. The van der Waals surface area contributed by atoms with Crippen LogP contribution in [0.25, 0.3) is 0 Å². The number of aromatic nitrogens is 1. The lowest BCUT2D eigenvalue weighted by atomic mass is 10.1. The zero-order chi connectivity index (χ0) is 13.5. The van der Waals surface area contributed by atoms with Crippen LogP contribution in [0.4, 0.5) is 5.82 Å². The van der Waals surface area contributed by atoms with Gasteiger partial charge in [0.15, 0.2) is 0 Å². The molecule has 0 saturated carbocycles. The lowest BCUT2D eigenvalue weighted by molar-refractivity contribution is -0.138. The lowest BCUT2D eigenvalue weighted by Gasteiger charge is -2.15. The fourth-order valence-electron chi connectivity index (χ4n) is 1.65. The largest absolute Gasteiger partial charge is 0.480 e. The Balaban J connectivity index is 2.83. The minimum absolute atomic E-state index is 0.440. The molecule has 0 amide bonds. The Bertz CT molecular complexity index is 466. The third-order valence-corrected chi connectivity index (χ3v) is 2.55. The molecule has 5 heteroatoms. The smallest absolute Gasteiger partial charge is 0.326 e. The van der Waals surface area contributed by atoms with E-state index in [1.54, 1.807) is 19.1 Å². The highest BCUT2D eigenvalue weighted by molar-refractivity contribution is 5.76. The molecule has 1 rings (SSSR count). The Labute approximate surface area is 106 Å². The fourth-order valence-corrected chi connectivity index (χ4v) is 1.65. The molecular formula is C13H17N3O2. The maximum atomic E-state index is 11.1. The highest BCUT2D eigenvalue weighted by Gasteiger charge is 2.17. The molecule has 0 aliphatic rings. The van der Waals surface area contributed by atoms with E-state index in [1.807, 2.05) is 13.0 Å². The van der Waals surface area contributed by atoms with E-state index in [0.29, 0.717) is 23.5 Å². The molecule has 0 radical (unpaired) electrons. The van der Waals surface area contributed by atoms with Crippen LogP contribution >= 0.6 is 0 Å². The summed E-state index contributed by atoms with van der Waals surface area (Å²) in [6.45, 7) is 3.78. The predicted octanol–water partition coefficient (Wildman–Crippen LogP) is 2.32. The highest BCUT2D eigenvalue weighted by atomic mass is 16.4. The van der Waals surface area contributed by atoms with E-state index < -0.39 is 12.0 Å². The molecule has 2 N–H and O–H groups in total. The summed E-state index contributed by atoms with van der Waals surface area (Å²) in [5.74, 6) is -0.458. The molecule has 1 aromatic rings. The summed E-state index contributed by atoms with van der Waals surface area (Å²) in [7, 11) is 0. The number of aliphatic carboxylic acids is 1. The third kappa shape index (κ3) is 4.06. The van der Waals surface area contributed by atoms with Crippen molar-refractivity contribution in [1.82, 2.24) is 4.98 Å². The van der Waals surface area contributed by atoms with Crippen molar-refractivity contribution >= 4 is 11.8 Å². The topological polar surface area (TPSA) is 86.0 Å². The minimum atomic E-state index is -0.898. The zero-order valence-electron chi connectivity index (χ0n) is 10.6. The van der Waals surface area contributed by atoms with Gasteiger partial charge in [-0.3, -0.25) is 0 Å². The minimum Gasteiger partial charge on any atom is -0.480 e. The first-order chi connectivity index (χ1) is 8.56. The van der Waals surface area contributed by atoms with E-state index in [9.17, 15) is 4.79 Å².